The van der Waals surface area contributed by atoms with Crippen molar-refractivity contribution < 1.29 is 8.78 Å². The first kappa shape index (κ1) is 12.2. The van der Waals surface area contributed by atoms with E-state index in [2.05, 4.69) is 4.98 Å². The predicted octanol–water partition coefficient (Wildman–Crippen LogP) is 3.62. The molecule has 0 fully saturated rings. The minimum Gasteiger partial charge on any atom is -0.320 e. The highest BCUT2D eigenvalue weighted by Crippen LogP contribution is 2.32. The minimum atomic E-state index is -0.455. The molecule has 19 heavy (non-hydrogen) atoms. The van der Waals surface area contributed by atoms with E-state index in [1.807, 2.05) is 6.07 Å². The maximum absolute atomic E-state index is 13.1. The van der Waals surface area contributed by atoms with Crippen LogP contribution in [0.5, 0.6) is 0 Å². The fourth-order valence-corrected chi connectivity index (χ4v) is 3.06. The Hall–Kier alpha value is -1.85. The number of fused-ring (bicyclic) bond motifs is 1. The normalized spacial score (nSPS) is 12.8. The molecule has 0 saturated heterocycles. The van der Waals surface area contributed by atoms with Crippen LogP contribution in [0.3, 0.4) is 0 Å². The Kier molecular flexibility index (Phi) is 3.00. The first-order valence-corrected chi connectivity index (χ1v) is 6.50. The van der Waals surface area contributed by atoms with E-state index < -0.39 is 11.9 Å². The molecule has 3 rings (SSSR count). The molecule has 0 aliphatic carbocycles. The Morgan fingerprint density at radius 3 is 2.68 bits per heavy atom. The molecule has 96 valence electrons. The van der Waals surface area contributed by atoms with Crippen molar-refractivity contribution in [3.8, 4) is 0 Å². The van der Waals surface area contributed by atoms with Crippen molar-refractivity contribution in [3.05, 3.63) is 64.8 Å². The summed E-state index contributed by atoms with van der Waals surface area (Å²) in [6, 6.07) is 7.40. The molecular weight excluding hydrogens is 266 g/mol. The summed E-state index contributed by atoms with van der Waals surface area (Å²) in [6.45, 7) is 0. The maximum atomic E-state index is 13.1. The van der Waals surface area contributed by atoms with Gasteiger partial charge in [-0.1, -0.05) is 6.07 Å². The fraction of sp³-hybridized carbons (Fsp3) is 0.0714. The van der Waals surface area contributed by atoms with Crippen LogP contribution >= 0.6 is 11.3 Å². The second kappa shape index (κ2) is 4.68. The quantitative estimate of drug-likeness (QED) is 0.776. The molecule has 1 unspecified atom stereocenters. The van der Waals surface area contributed by atoms with Gasteiger partial charge in [0.1, 0.15) is 11.6 Å². The van der Waals surface area contributed by atoms with E-state index >= 15 is 0 Å². The van der Waals surface area contributed by atoms with Crippen LogP contribution in [0.15, 0.2) is 42.7 Å². The van der Waals surface area contributed by atoms with Gasteiger partial charge in [0, 0.05) is 15.8 Å². The zero-order valence-electron chi connectivity index (χ0n) is 9.81. The number of aromatic nitrogens is 1. The Balaban J connectivity index is 2.04. The summed E-state index contributed by atoms with van der Waals surface area (Å²) in [5.41, 5.74) is 6.70. The first-order chi connectivity index (χ1) is 9.13. The van der Waals surface area contributed by atoms with Crippen LogP contribution in [0, 0.1) is 11.6 Å². The van der Waals surface area contributed by atoms with E-state index in [0.29, 0.717) is 5.56 Å². The molecule has 0 bridgehead atoms. The van der Waals surface area contributed by atoms with Crippen LogP contribution in [0.25, 0.3) is 10.1 Å². The van der Waals surface area contributed by atoms with Gasteiger partial charge in [-0.3, -0.25) is 4.98 Å². The number of pyridine rings is 1. The number of benzene rings is 1. The number of hydrogen-bond acceptors (Lipinski definition) is 3. The molecule has 2 aromatic heterocycles. The summed E-state index contributed by atoms with van der Waals surface area (Å²) in [7, 11) is 0. The molecule has 2 heterocycles. The molecule has 0 amide bonds. The summed E-state index contributed by atoms with van der Waals surface area (Å²) >= 11 is 1.41. The summed E-state index contributed by atoms with van der Waals surface area (Å²) in [5, 5.41) is 0.932. The van der Waals surface area contributed by atoms with Crippen molar-refractivity contribution in [3.63, 3.8) is 0 Å². The van der Waals surface area contributed by atoms with Gasteiger partial charge in [-0.15, -0.1) is 11.3 Å². The van der Waals surface area contributed by atoms with Gasteiger partial charge in [0.25, 0.3) is 0 Å². The Morgan fingerprint density at radius 1 is 1.05 bits per heavy atom. The van der Waals surface area contributed by atoms with Crippen molar-refractivity contribution in [2.24, 2.45) is 5.73 Å². The van der Waals surface area contributed by atoms with Crippen LogP contribution in [-0.4, -0.2) is 4.98 Å². The van der Waals surface area contributed by atoms with Gasteiger partial charge < -0.3 is 5.73 Å². The van der Waals surface area contributed by atoms with Crippen LogP contribution in [0.2, 0.25) is 0 Å². The number of rotatable bonds is 2. The van der Waals surface area contributed by atoms with Crippen LogP contribution in [-0.2, 0) is 0 Å². The van der Waals surface area contributed by atoms with Gasteiger partial charge >= 0.3 is 0 Å². The highest BCUT2D eigenvalue weighted by atomic mass is 32.1. The summed E-state index contributed by atoms with van der Waals surface area (Å²) in [6.07, 6.45) is 2.68. The number of halogens is 2. The van der Waals surface area contributed by atoms with Crippen molar-refractivity contribution in [2.75, 3.05) is 0 Å². The molecule has 1 aromatic carbocycles. The Labute approximate surface area is 112 Å². The molecule has 0 aliphatic heterocycles. The summed E-state index contributed by atoms with van der Waals surface area (Å²) in [5.74, 6) is -0.693. The number of nitrogens with zero attached hydrogens (tertiary/aromatic N) is 1. The Bertz CT molecular complexity index is 739. The highest BCUT2D eigenvalue weighted by molar-refractivity contribution is 7.19. The molecule has 0 saturated carbocycles. The van der Waals surface area contributed by atoms with Crippen molar-refractivity contribution >= 4 is 21.4 Å². The van der Waals surface area contributed by atoms with Crippen LogP contribution in [0.4, 0.5) is 8.78 Å². The van der Waals surface area contributed by atoms with Crippen molar-refractivity contribution in [1.82, 2.24) is 4.98 Å². The lowest BCUT2D eigenvalue weighted by Gasteiger charge is -2.08. The molecule has 1 atom stereocenters. The van der Waals surface area contributed by atoms with E-state index in [-0.39, 0.29) is 5.82 Å². The summed E-state index contributed by atoms with van der Waals surface area (Å²) < 4.78 is 27.1. The van der Waals surface area contributed by atoms with Crippen LogP contribution < -0.4 is 5.73 Å². The zero-order valence-corrected chi connectivity index (χ0v) is 10.6. The predicted molar refractivity (Wildman–Crippen MR) is 72.0 cm³/mol. The van der Waals surface area contributed by atoms with Gasteiger partial charge in [-0.25, -0.2) is 8.78 Å². The van der Waals surface area contributed by atoms with Crippen molar-refractivity contribution in [2.45, 2.75) is 6.04 Å². The van der Waals surface area contributed by atoms with Gasteiger partial charge in [0.05, 0.1) is 12.2 Å². The molecular formula is C14H10F2N2S. The Morgan fingerprint density at radius 2 is 1.89 bits per heavy atom. The SMILES string of the molecule is NC(c1cncc(F)c1)c1cc2ccc(F)cc2s1. The molecule has 3 aromatic rings. The lowest BCUT2D eigenvalue weighted by atomic mass is 10.1. The average Bonchev–Trinajstić information content (AvgIpc) is 2.80. The van der Waals surface area contributed by atoms with Crippen LogP contribution in [0.1, 0.15) is 16.5 Å². The smallest absolute Gasteiger partial charge is 0.141 e. The monoisotopic (exact) mass is 276 g/mol. The van der Waals surface area contributed by atoms with E-state index in [1.165, 1.54) is 29.5 Å². The number of hydrogen-bond donors (Lipinski definition) is 1. The van der Waals surface area contributed by atoms with Gasteiger partial charge in [-0.05, 0) is 35.2 Å². The van der Waals surface area contributed by atoms with Gasteiger partial charge in [0.2, 0.25) is 0 Å². The number of thiophene rings is 1. The summed E-state index contributed by atoms with van der Waals surface area (Å²) in [4.78, 5) is 4.64. The van der Waals surface area contributed by atoms with E-state index in [9.17, 15) is 8.78 Å². The minimum absolute atomic E-state index is 0.276. The van der Waals surface area contributed by atoms with E-state index in [0.717, 1.165) is 21.2 Å². The lowest BCUT2D eigenvalue weighted by Crippen LogP contribution is -2.10. The molecule has 2 nitrogen and oxygen atoms in total. The zero-order chi connectivity index (χ0) is 13.4. The topological polar surface area (TPSA) is 38.9 Å². The van der Waals surface area contributed by atoms with Gasteiger partial charge in [0.15, 0.2) is 0 Å². The first-order valence-electron chi connectivity index (χ1n) is 5.68. The maximum Gasteiger partial charge on any atom is 0.141 e. The molecule has 0 spiro atoms. The van der Waals surface area contributed by atoms with E-state index in [4.69, 9.17) is 5.73 Å². The highest BCUT2D eigenvalue weighted by Gasteiger charge is 2.13. The second-order valence-corrected chi connectivity index (χ2v) is 5.36. The number of nitrogens with two attached hydrogens (primary N) is 1. The molecule has 0 aliphatic rings. The third kappa shape index (κ3) is 2.34. The third-order valence-electron chi connectivity index (χ3n) is 2.89. The van der Waals surface area contributed by atoms with Gasteiger partial charge in [-0.2, -0.15) is 0 Å². The molecule has 5 heteroatoms. The lowest BCUT2D eigenvalue weighted by molar-refractivity contribution is 0.616. The third-order valence-corrected chi connectivity index (χ3v) is 4.07. The largest absolute Gasteiger partial charge is 0.320 e. The molecule has 2 N–H and O–H groups in total. The van der Waals surface area contributed by atoms with E-state index in [1.54, 1.807) is 12.3 Å². The standard InChI is InChI=1S/C14H10F2N2S/c15-10-2-1-8-4-13(19-12(8)5-10)14(17)9-3-11(16)7-18-6-9/h1-7,14H,17H2. The second-order valence-electron chi connectivity index (χ2n) is 4.25. The molecule has 0 radical (unpaired) electrons. The van der Waals surface area contributed by atoms with Crippen molar-refractivity contribution in [1.29, 1.82) is 0 Å². The fourth-order valence-electron chi connectivity index (χ4n) is 1.94. The average molecular weight is 276 g/mol.